The molecule has 9 heteroatoms. The quantitative estimate of drug-likeness (QED) is 0.277. The first-order chi connectivity index (χ1) is 19.0. The number of unbranched alkanes of at least 4 members (excludes halogenated alkanes) is 1. The summed E-state index contributed by atoms with van der Waals surface area (Å²) in [6.45, 7) is 5.72. The molecule has 2 amide bonds. The zero-order valence-corrected chi connectivity index (χ0v) is 25.1. The van der Waals surface area contributed by atoms with Gasteiger partial charge in [0.25, 0.3) is 0 Å². The van der Waals surface area contributed by atoms with Crippen molar-refractivity contribution in [2.24, 2.45) is 0 Å². The van der Waals surface area contributed by atoms with Crippen LogP contribution in [-0.4, -0.2) is 50.5 Å². The van der Waals surface area contributed by atoms with Crippen molar-refractivity contribution in [2.75, 3.05) is 23.7 Å². The van der Waals surface area contributed by atoms with Gasteiger partial charge in [-0.25, -0.2) is 8.42 Å². The van der Waals surface area contributed by atoms with Crippen molar-refractivity contribution in [2.45, 2.75) is 52.6 Å². The number of hydrogen-bond donors (Lipinski definition) is 1. The van der Waals surface area contributed by atoms with Crippen LogP contribution >= 0.6 is 11.6 Å². The van der Waals surface area contributed by atoms with Crippen LogP contribution in [0.25, 0.3) is 0 Å². The number of aryl methyl sites for hydroxylation is 2. The van der Waals surface area contributed by atoms with E-state index in [0.717, 1.165) is 40.1 Å². The lowest BCUT2D eigenvalue weighted by Gasteiger charge is -2.34. The van der Waals surface area contributed by atoms with Gasteiger partial charge in [-0.1, -0.05) is 91.7 Å². The Morgan fingerprint density at radius 3 is 2.15 bits per heavy atom. The number of benzene rings is 3. The maximum Gasteiger partial charge on any atom is 0.244 e. The smallest absolute Gasteiger partial charge is 0.244 e. The molecule has 0 aliphatic rings. The van der Waals surface area contributed by atoms with Crippen LogP contribution in [0.1, 0.15) is 42.0 Å². The highest BCUT2D eigenvalue weighted by Crippen LogP contribution is 2.28. The Bertz CT molecular complexity index is 1390. The fraction of sp³-hybridized carbons (Fsp3) is 0.355. The number of amides is 2. The second-order valence-electron chi connectivity index (χ2n) is 9.97. The van der Waals surface area contributed by atoms with E-state index in [4.69, 9.17) is 11.6 Å². The third-order valence-electron chi connectivity index (χ3n) is 6.77. The lowest BCUT2D eigenvalue weighted by Crippen LogP contribution is -2.53. The number of sulfonamides is 1. The molecule has 1 N–H and O–H groups in total. The van der Waals surface area contributed by atoms with Gasteiger partial charge in [-0.3, -0.25) is 13.9 Å². The van der Waals surface area contributed by atoms with E-state index in [0.29, 0.717) is 22.8 Å². The highest BCUT2D eigenvalue weighted by atomic mass is 35.5. The largest absolute Gasteiger partial charge is 0.354 e. The van der Waals surface area contributed by atoms with Crippen LogP contribution in [0.4, 0.5) is 5.69 Å². The zero-order valence-electron chi connectivity index (χ0n) is 23.6. The first-order valence-corrected chi connectivity index (χ1v) is 15.6. The zero-order chi connectivity index (χ0) is 29.3. The summed E-state index contributed by atoms with van der Waals surface area (Å²) in [4.78, 5) is 29.3. The standard InChI is InChI=1S/C31H38ClN3O4S/c1-5-6-19-33-31(37)28(20-25-15-8-7-9-16-25)34(21-26-17-10-11-18-27(26)32)29(36)22-35(40(4,38)39)30-23(2)13-12-14-24(30)3/h7-18,28H,5-6,19-22H2,1-4H3,(H,33,37)/t28-/m0/s1. The van der Waals surface area contributed by atoms with E-state index < -0.39 is 28.5 Å². The lowest BCUT2D eigenvalue weighted by atomic mass is 10.0. The Labute approximate surface area is 243 Å². The molecule has 3 rings (SSSR count). The van der Waals surface area contributed by atoms with Crippen LogP contribution in [0, 0.1) is 13.8 Å². The maximum atomic E-state index is 14.2. The fourth-order valence-corrected chi connectivity index (χ4v) is 5.81. The molecule has 0 radical (unpaired) electrons. The number of halogens is 1. The summed E-state index contributed by atoms with van der Waals surface area (Å²) in [5, 5.41) is 3.43. The third kappa shape index (κ3) is 8.32. The van der Waals surface area contributed by atoms with Gasteiger partial charge in [-0.2, -0.15) is 0 Å². The van der Waals surface area contributed by atoms with E-state index >= 15 is 0 Å². The molecule has 3 aromatic carbocycles. The highest BCUT2D eigenvalue weighted by Gasteiger charge is 2.33. The minimum atomic E-state index is -3.84. The van der Waals surface area contributed by atoms with Gasteiger partial charge in [-0.05, 0) is 48.6 Å². The predicted octanol–water partition coefficient (Wildman–Crippen LogP) is 5.28. The molecule has 40 heavy (non-hydrogen) atoms. The molecule has 0 aliphatic heterocycles. The number of carbonyl (C=O) groups is 2. The Hall–Kier alpha value is -3.36. The van der Waals surface area contributed by atoms with Crippen molar-refractivity contribution in [1.29, 1.82) is 0 Å². The molecule has 7 nitrogen and oxygen atoms in total. The van der Waals surface area contributed by atoms with E-state index in [1.807, 2.05) is 75.4 Å². The van der Waals surface area contributed by atoms with Gasteiger partial charge in [0, 0.05) is 24.5 Å². The topological polar surface area (TPSA) is 86.8 Å². The minimum Gasteiger partial charge on any atom is -0.354 e. The van der Waals surface area contributed by atoms with Crippen LogP contribution in [0.3, 0.4) is 0 Å². The molecule has 0 saturated heterocycles. The summed E-state index contributed by atoms with van der Waals surface area (Å²) in [5.74, 6) is -0.796. The van der Waals surface area contributed by atoms with E-state index in [1.165, 1.54) is 4.90 Å². The van der Waals surface area contributed by atoms with Gasteiger partial charge < -0.3 is 10.2 Å². The molecule has 0 unspecified atom stereocenters. The van der Waals surface area contributed by atoms with Crippen molar-refractivity contribution >= 4 is 39.1 Å². The van der Waals surface area contributed by atoms with E-state index in [9.17, 15) is 18.0 Å². The number of anilines is 1. The molecule has 0 heterocycles. The number of nitrogens with zero attached hydrogens (tertiary/aromatic N) is 2. The van der Waals surface area contributed by atoms with E-state index in [2.05, 4.69) is 5.32 Å². The molecule has 0 spiro atoms. The van der Waals surface area contributed by atoms with Gasteiger partial charge >= 0.3 is 0 Å². The molecule has 0 aromatic heterocycles. The minimum absolute atomic E-state index is 0.0432. The van der Waals surface area contributed by atoms with Gasteiger partial charge in [0.2, 0.25) is 21.8 Å². The number of nitrogens with one attached hydrogen (secondary N) is 1. The summed E-state index contributed by atoms with van der Waals surface area (Å²) < 4.78 is 27.2. The highest BCUT2D eigenvalue weighted by molar-refractivity contribution is 7.92. The van der Waals surface area contributed by atoms with Crippen LogP contribution in [0.5, 0.6) is 0 Å². The lowest BCUT2D eigenvalue weighted by molar-refractivity contribution is -0.140. The van der Waals surface area contributed by atoms with Crippen LogP contribution in [0.15, 0.2) is 72.8 Å². The normalized spacial score (nSPS) is 12.0. The molecule has 0 fully saturated rings. The molecular weight excluding hydrogens is 546 g/mol. The first-order valence-electron chi connectivity index (χ1n) is 13.4. The fourth-order valence-electron chi connectivity index (χ4n) is 4.65. The number of rotatable bonds is 13. The maximum absolute atomic E-state index is 14.2. The molecule has 1 atom stereocenters. The van der Waals surface area contributed by atoms with Gasteiger partial charge in [0.1, 0.15) is 12.6 Å². The molecular formula is C31H38ClN3O4S. The Balaban J connectivity index is 2.08. The molecule has 0 bridgehead atoms. The number of carbonyl (C=O) groups excluding carboxylic acids is 2. The summed E-state index contributed by atoms with van der Waals surface area (Å²) in [6.07, 6.45) is 3.06. The number of hydrogen-bond acceptors (Lipinski definition) is 4. The monoisotopic (exact) mass is 583 g/mol. The second-order valence-corrected chi connectivity index (χ2v) is 12.3. The Kier molecular flexibility index (Phi) is 11.2. The Morgan fingerprint density at radius 1 is 0.925 bits per heavy atom. The molecule has 214 valence electrons. The van der Waals surface area contributed by atoms with E-state index in [1.54, 1.807) is 18.2 Å². The van der Waals surface area contributed by atoms with Crippen LogP contribution < -0.4 is 9.62 Å². The SMILES string of the molecule is CCCCNC(=O)[C@H](Cc1ccccc1)N(Cc1ccccc1Cl)C(=O)CN(c1c(C)cccc1C)S(C)(=O)=O. The van der Waals surface area contributed by atoms with Crippen molar-refractivity contribution in [3.05, 3.63) is 100 Å². The average Bonchev–Trinajstić information content (AvgIpc) is 2.91. The van der Waals surface area contributed by atoms with Crippen LogP contribution in [0.2, 0.25) is 5.02 Å². The van der Waals surface area contributed by atoms with Crippen molar-refractivity contribution < 1.29 is 18.0 Å². The Morgan fingerprint density at radius 2 is 1.55 bits per heavy atom. The number of para-hydroxylation sites is 1. The molecule has 0 saturated carbocycles. The van der Waals surface area contributed by atoms with Crippen molar-refractivity contribution in [3.8, 4) is 0 Å². The molecule has 3 aromatic rings. The van der Waals surface area contributed by atoms with E-state index in [-0.39, 0.29) is 18.9 Å². The predicted molar refractivity (Wildman–Crippen MR) is 162 cm³/mol. The molecule has 0 aliphatic carbocycles. The third-order valence-corrected chi connectivity index (χ3v) is 8.25. The summed E-state index contributed by atoms with van der Waals surface area (Å²) in [7, 11) is -3.84. The van der Waals surface area contributed by atoms with Crippen molar-refractivity contribution in [3.63, 3.8) is 0 Å². The summed E-state index contributed by atoms with van der Waals surface area (Å²) >= 11 is 6.49. The summed E-state index contributed by atoms with van der Waals surface area (Å²) in [5.41, 5.74) is 3.46. The van der Waals surface area contributed by atoms with Gasteiger partial charge in [-0.15, -0.1) is 0 Å². The van der Waals surface area contributed by atoms with Gasteiger partial charge in [0.05, 0.1) is 11.9 Å². The van der Waals surface area contributed by atoms with Crippen LogP contribution in [-0.2, 0) is 32.6 Å². The first kappa shape index (κ1) is 31.2. The summed E-state index contributed by atoms with van der Waals surface area (Å²) in [6, 6.07) is 21.2. The second kappa shape index (κ2) is 14.3. The van der Waals surface area contributed by atoms with Crippen molar-refractivity contribution in [1.82, 2.24) is 10.2 Å². The van der Waals surface area contributed by atoms with Gasteiger partial charge in [0.15, 0.2) is 0 Å². The average molecular weight is 584 g/mol.